The summed E-state index contributed by atoms with van der Waals surface area (Å²) in [5.41, 5.74) is 1.37. The molecule has 0 saturated heterocycles. The van der Waals surface area contributed by atoms with Crippen LogP contribution in [0, 0.1) is 12.7 Å². The third-order valence-electron chi connectivity index (χ3n) is 3.22. The smallest absolute Gasteiger partial charge is 0.195 e. The number of halogens is 2. The molecule has 1 nitrogen and oxygen atoms in total. The Kier molecular flexibility index (Phi) is 3.32. The maximum Gasteiger partial charge on any atom is 0.195 e. The molecule has 1 aromatic heterocycles. The number of rotatable bonds is 2. The van der Waals surface area contributed by atoms with E-state index in [1.165, 1.54) is 23.5 Å². The van der Waals surface area contributed by atoms with E-state index in [4.69, 9.17) is 11.6 Å². The Morgan fingerprint density at radius 1 is 1.20 bits per heavy atom. The number of thiophene rings is 1. The van der Waals surface area contributed by atoms with Gasteiger partial charge in [0.1, 0.15) is 5.82 Å². The fourth-order valence-corrected chi connectivity index (χ4v) is 3.31. The van der Waals surface area contributed by atoms with Crippen molar-refractivity contribution in [3.8, 4) is 0 Å². The summed E-state index contributed by atoms with van der Waals surface area (Å²) in [6.07, 6.45) is 0. The Morgan fingerprint density at radius 2 is 1.95 bits per heavy atom. The molecule has 3 aromatic rings. The molecule has 0 aliphatic heterocycles. The van der Waals surface area contributed by atoms with Crippen LogP contribution in [0.15, 0.2) is 41.8 Å². The van der Waals surface area contributed by atoms with Gasteiger partial charge in [-0.3, -0.25) is 4.79 Å². The lowest BCUT2D eigenvalue weighted by molar-refractivity contribution is 0.104. The van der Waals surface area contributed by atoms with Gasteiger partial charge in [0.2, 0.25) is 0 Å². The summed E-state index contributed by atoms with van der Waals surface area (Å²) in [7, 11) is 0. The molecule has 0 bridgehead atoms. The first-order chi connectivity index (χ1) is 9.58. The van der Waals surface area contributed by atoms with Gasteiger partial charge in [0.25, 0.3) is 0 Å². The molecule has 0 amide bonds. The first-order valence-electron chi connectivity index (χ1n) is 6.04. The van der Waals surface area contributed by atoms with Crippen molar-refractivity contribution in [1.29, 1.82) is 0 Å². The zero-order chi connectivity index (χ0) is 14.3. The highest BCUT2D eigenvalue weighted by molar-refractivity contribution is 7.17. The SMILES string of the molecule is Cc1cc(C(=O)c2csc3ccccc23)c(Cl)cc1F. The molecule has 100 valence electrons. The molecule has 1 heterocycles. The van der Waals surface area contributed by atoms with E-state index in [-0.39, 0.29) is 10.8 Å². The average molecular weight is 305 g/mol. The lowest BCUT2D eigenvalue weighted by atomic mass is 10.0. The van der Waals surface area contributed by atoms with Crippen LogP contribution in [0.4, 0.5) is 4.39 Å². The van der Waals surface area contributed by atoms with E-state index in [9.17, 15) is 9.18 Å². The van der Waals surface area contributed by atoms with Gasteiger partial charge in [0.15, 0.2) is 5.78 Å². The summed E-state index contributed by atoms with van der Waals surface area (Å²) < 4.78 is 14.5. The van der Waals surface area contributed by atoms with Gasteiger partial charge >= 0.3 is 0 Å². The van der Waals surface area contributed by atoms with E-state index in [0.29, 0.717) is 16.7 Å². The summed E-state index contributed by atoms with van der Waals surface area (Å²) in [6, 6.07) is 10.4. The predicted octanol–water partition coefficient (Wildman–Crippen LogP) is 5.23. The first-order valence-corrected chi connectivity index (χ1v) is 7.30. The van der Waals surface area contributed by atoms with Crippen LogP contribution in [-0.2, 0) is 0 Å². The first kappa shape index (κ1) is 13.3. The maximum atomic E-state index is 13.4. The Bertz CT molecular complexity index is 822. The van der Waals surface area contributed by atoms with E-state index in [1.807, 2.05) is 29.6 Å². The fraction of sp³-hybridized carbons (Fsp3) is 0.0625. The monoisotopic (exact) mass is 304 g/mol. The Morgan fingerprint density at radius 3 is 2.75 bits per heavy atom. The Labute approximate surface area is 124 Å². The molecular formula is C16H10ClFOS. The molecule has 0 aliphatic carbocycles. The Hall–Kier alpha value is -1.71. The number of aryl methyl sites for hydroxylation is 1. The molecule has 20 heavy (non-hydrogen) atoms. The molecule has 0 spiro atoms. The molecule has 0 unspecified atom stereocenters. The van der Waals surface area contributed by atoms with Gasteiger partial charge < -0.3 is 0 Å². The molecule has 3 rings (SSSR count). The van der Waals surface area contributed by atoms with Crippen molar-refractivity contribution in [1.82, 2.24) is 0 Å². The second-order valence-corrected chi connectivity index (χ2v) is 5.87. The maximum absolute atomic E-state index is 13.4. The lowest BCUT2D eigenvalue weighted by Crippen LogP contribution is -2.03. The summed E-state index contributed by atoms with van der Waals surface area (Å²) in [4.78, 5) is 12.6. The number of carbonyl (C=O) groups is 1. The third-order valence-corrected chi connectivity index (χ3v) is 4.49. The molecule has 2 aromatic carbocycles. The van der Waals surface area contributed by atoms with Crippen LogP contribution in [0.2, 0.25) is 5.02 Å². The zero-order valence-corrected chi connectivity index (χ0v) is 12.2. The van der Waals surface area contributed by atoms with Crippen LogP contribution in [0.5, 0.6) is 0 Å². The van der Waals surface area contributed by atoms with Crippen LogP contribution in [-0.4, -0.2) is 5.78 Å². The molecule has 0 aliphatic rings. The normalized spacial score (nSPS) is 10.9. The van der Waals surface area contributed by atoms with Crippen molar-refractivity contribution in [2.45, 2.75) is 6.92 Å². The van der Waals surface area contributed by atoms with Crippen molar-refractivity contribution in [2.24, 2.45) is 0 Å². The molecule has 0 atom stereocenters. The van der Waals surface area contributed by atoms with Crippen molar-refractivity contribution >= 4 is 38.8 Å². The number of benzene rings is 2. The Balaban J connectivity index is 2.16. The van der Waals surface area contributed by atoms with Crippen LogP contribution in [0.25, 0.3) is 10.1 Å². The fourth-order valence-electron chi connectivity index (χ4n) is 2.13. The second kappa shape index (κ2) is 5.00. The lowest BCUT2D eigenvalue weighted by Gasteiger charge is -2.05. The summed E-state index contributed by atoms with van der Waals surface area (Å²) in [5.74, 6) is -0.572. The number of hydrogen-bond acceptors (Lipinski definition) is 2. The van der Waals surface area contributed by atoms with Crippen LogP contribution >= 0.6 is 22.9 Å². The van der Waals surface area contributed by atoms with E-state index < -0.39 is 5.82 Å². The number of carbonyl (C=O) groups excluding carboxylic acids is 1. The van der Waals surface area contributed by atoms with Gasteiger partial charge in [0, 0.05) is 26.6 Å². The number of fused-ring (bicyclic) bond motifs is 1. The van der Waals surface area contributed by atoms with Crippen LogP contribution < -0.4 is 0 Å². The minimum atomic E-state index is -0.401. The van der Waals surface area contributed by atoms with E-state index in [1.54, 1.807) is 6.92 Å². The van der Waals surface area contributed by atoms with E-state index >= 15 is 0 Å². The van der Waals surface area contributed by atoms with Crippen molar-refractivity contribution in [2.75, 3.05) is 0 Å². The third kappa shape index (κ3) is 2.13. The summed E-state index contributed by atoms with van der Waals surface area (Å²) in [6.45, 7) is 1.62. The van der Waals surface area contributed by atoms with E-state index in [2.05, 4.69) is 0 Å². The standard InChI is InChI=1S/C16H10ClFOS/c1-9-6-11(13(17)7-14(9)18)16(19)12-8-20-15-5-3-2-4-10(12)15/h2-8H,1H3. The molecule has 0 radical (unpaired) electrons. The molecular weight excluding hydrogens is 295 g/mol. The highest BCUT2D eigenvalue weighted by Crippen LogP contribution is 2.30. The molecule has 0 saturated carbocycles. The highest BCUT2D eigenvalue weighted by Gasteiger charge is 2.18. The summed E-state index contributed by atoms with van der Waals surface area (Å²) >= 11 is 7.52. The van der Waals surface area contributed by atoms with Gasteiger partial charge in [-0.2, -0.15) is 0 Å². The zero-order valence-electron chi connectivity index (χ0n) is 10.6. The largest absolute Gasteiger partial charge is 0.289 e. The minimum Gasteiger partial charge on any atom is -0.289 e. The highest BCUT2D eigenvalue weighted by atomic mass is 35.5. The molecule has 0 N–H and O–H groups in total. The number of hydrogen-bond donors (Lipinski definition) is 0. The van der Waals surface area contributed by atoms with Crippen LogP contribution in [0.3, 0.4) is 0 Å². The topological polar surface area (TPSA) is 17.1 Å². The van der Waals surface area contributed by atoms with Crippen molar-refractivity contribution in [3.05, 3.63) is 69.3 Å². The number of ketones is 1. The van der Waals surface area contributed by atoms with Gasteiger partial charge in [-0.05, 0) is 30.7 Å². The van der Waals surface area contributed by atoms with E-state index in [0.717, 1.165) is 10.1 Å². The summed E-state index contributed by atoms with van der Waals surface area (Å²) in [5, 5.41) is 2.87. The van der Waals surface area contributed by atoms with Gasteiger partial charge in [-0.1, -0.05) is 29.8 Å². The molecule has 4 heteroatoms. The van der Waals surface area contributed by atoms with Gasteiger partial charge in [-0.15, -0.1) is 11.3 Å². The average Bonchev–Trinajstić information content (AvgIpc) is 2.86. The molecule has 0 fully saturated rings. The van der Waals surface area contributed by atoms with Gasteiger partial charge in [-0.25, -0.2) is 4.39 Å². The van der Waals surface area contributed by atoms with Crippen molar-refractivity contribution in [3.63, 3.8) is 0 Å². The second-order valence-electron chi connectivity index (χ2n) is 4.56. The van der Waals surface area contributed by atoms with Crippen molar-refractivity contribution < 1.29 is 9.18 Å². The quantitative estimate of drug-likeness (QED) is 0.592. The minimum absolute atomic E-state index is 0.147. The van der Waals surface area contributed by atoms with Crippen LogP contribution in [0.1, 0.15) is 21.5 Å². The predicted molar refractivity (Wildman–Crippen MR) is 81.4 cm³/mol. The van der Waals surface area contributed by atoms with Gasteiger partial charge in [0.05, 0.1) is 5.02 Å².